The van der Waals surface area contributed by atoms with Crippen LogP contribution in [0.2, 0.25) is 5.02 Å². The van der Waals surface area contributed by atoms with E-state index >= 15 is 0 Å². The maximum atomic E-state index is 12.7. The average Bonchev–Trinajstić information content (AvgIpc) is 3.11. The van der Waals surface area contributed by atoms with Gasteiger partial charge in [-0.3, -0.25) is 29.9 Å². The van der Waals surface area contributed by atoms with Crippen LogP contribution in [0.5, 0.6) is 0 Å². The van der Waals surface area contributed by atoms with Gasteiger partial charge < -0.3 is 5.32 Å². The Labute approximate surface area is 177 Å². The van der Waals surface area contributed by atoms with Crippen LogP contribution in [0.1, 0.15) is 34.3 Å². The van der Waals surface area contributed by atoms with E-state index < -0.39 is 18.0 Å². The van der Waals surface area contributed by atoms with E-state index in [2.05, 4.69) is 16.0 Å². The Morgan fingerprint density at radius 3 is 2.67 bits per heavy atom. The van der Waals surface area contributed by atoms with Gasteiger partial charge in [0.05, 0.1) is 6.04 Å². The Hall–Kier alpha value is -3.23. The molecule has 1 fully saturated rings. The zero-order valence-corrected chi connectivity index (χ0v) is 16.7. The van der Waals surface area contributed by atoms with Crippen LogP contribution in [0.4, 0.5) is 10.5 Å². The SMILES string of the molecule is O=C1CCC(N2Cc3cccc(C(=O)NC(=O)Nc4cccc(Cl)c4)c3C2)C(=O)N1. The molecule has 0 bridgehead atoms. The molecule has 0 saturated carbocycles. The van der Waals surface area contributed by atoms with Crippen molar-refractivity contribution in [2.45, 2.75) is 32.0 Å². The summed E-state index contributed by atoms with van der Waals surface area (Å²) < 4.78 is 0. The number of nitrogens with zero attached hydrogens (tertiary/aromatic N) is 1. The number of carbonyl (C=O) groups is 4. The van der Waals surface area contributed by atoms with Crippen LogP contribution in [0.3, 0.4) is 0 Å². The van der Waals surface area contributed by atoms with Crippen LogP contribution in [0, 0.1) is 0 Å². The van der Waals surface area contributed by atoms with Gasteiger partial charge in [0, 0.05) is 35.8 Å². The lowest BCUT2D eigenvalue weighted by molar-refractivity contribution is -0.137. The molecular formula is C21H19ClN4O4. The normalized spacial score (nSPS) is 18.5. The second-order valence-corrected chi connectivity index (χ2v) is 7.67. The first-order chi connectivity index (χ1) is 14.4. The van der Waals surface area contributed by atoms with Crippen molar-refractivity contribution in [3.8, 4) is 0 Å². The largest absolute Gasteiger partial charge is 0.326 e. The van der Waals surface area contributed by atoms with Crippen molar-refractivity contribution in [2.24, 2.45) is 0 Å². The van der Waals surface area contributed by atoms with E-state index in [1.54, 1.807) is 36.4 Å². The predicted octanol–water partition coefficient (Wildman–Crippen LogP) is 2.42. The maximum absolute atomic E-state index is 12.7. The number of imide groups is 2. The number of hydrogen-bond acceptors (Lipinski definition) is 5. The number of hydrogen-bond donors (Lipinski definition) is 3. The van der Waals surface area contributed by atoms with Crippen LogP contribution in [-0.4, -0.2) is 34.7 Å². The molecule has 5 amide bonds. The molecule has 2 aromatic carbocycles. The molecule has 30 heavy (non-hydrogen) atoms. The zero-order valence-electron chi connectivity index (χ0n) is 15.9. The molecule has 154 valence electrons. The fourth-order valence-electron chi connectivity index (χ4n) is 3.81. The second-order valence-electron chi connectivity index (χ2n) is 7.23. The summed E-state index contributed by atoms with van der Waals surface area (Å²) in [4.78, 5) is 50.5. The van der Waals surface area contributed by atoms with Crippen LogP contribution >= 0.6 is 11.6 Å². The summed E-state index contributed by atoms with van der Waals surface area (Å²) in [6, 6.07) is 10.8. The Morgan fingerprint density at radius 1 is 1.10 bits per heavy atom. The highest BCUT2D eigenvalue weighted by Gasteiger charge is 2.36. The first-order valence-corrected chi connectivity index (χ1v) is 9.85. The molecule has 1 unspecified atom stereocenters. The van der Waals surface area contributed by atoms with E-state index in [4.69, 9.17) is 11.6 Å². The molecule has 2 heterocycles. The van der Waals surface area contributed by atoms with Crippen molar-refractivity contribution in [1.29, 1.82) is 0 Å². The van der Waals surface area contributed by atoms with Gasteiger partial charge in [0.25, 0.3) is 5.91 Å². The summed E-state index contributed by atoms with van der Waals surface area (Å²) in [5.41, 5.74) is 2.54. The highest BCUT2D eigenvalue weighted by molar-refractivity contribution is 6.30. The number of rotatable bonds is 3. The number of benzene rings is 2. The van der Waals surface area contributed by atoms with Gasteiger partial charge in [-0.2, -0.15) is 0 Å². The second kappa shape index (κ2) is 8.25. The molecule has 0 aliphatic carbocycles. The fraction of sp³-hybridized carbons (Fsp3) is 0.238. The quantitative estimate of drug-likeness (QED) is 0.653. The van der Waals surface area contributed by atoms with Crippen molar-refractivity contribution in [3.05, 3.63) is 64.2 Å². The molecule has 3 N–H and O–H groups in total. The molecule has 2 aliphatic rings. The lowest BCUT2D eigenvalue weighted by Crippen LogP contribution is -2.50. The van der Waals surface area contributed by atoms with Gasteiger partial charge in [-0.1, -0.05) is 29.8 Å². The summed E-state index contributed by atoms with van der Waals surface area (Å²) >= 11 is 5.90. The number of urea groups is 1. The highest BCUT2D eigenvalue weighted by atomic mass is 35.5. The third-order valence-corrected chi connectivity index (χ3v) is 5.45. The van der Waals surface area contributed by atoms with Crippen LogP contribution in [0.25, 0.3) is 0 Å². The zero-order chi connectivity index (χ0) is 21.3. The van der Waals surface area contributed by atoms with Gasteiger partial charge in [-0.15, -0.1) is 0 Å². The smallest absolute Gasteiger partial charge is 0.308 e. The summed E-state index contributed by atoms with van der Waals surface area (Å²) in [5.74, 6) is -1.11. The van der Waals surface area contributed by atoms with Crippen molar-refractivity contribution in [1.82, 2.24) is 15.5 Å². The standard InChI is InChI=1S/C21H19ClN4O4/c22-13-4-2-5-14(9-13)23-21(30)25-19(28)15-6-1-3-12-10-26(11-16(12)15)17-7-8-18(27)24-20(17)29/h1-6,9,17H,7-8,10-11H2,(H,24,27,29)(H2,23,25,28,30). The van der Waals surface area contributed by atoms with E-state index in [0.717, 1.165) is 11.1 Å². The van der Waals surface area contributed by atoms with Gasteiger partial charge in [-0.25, -0.2) is 4.79 Å². The number of amides is 5. The number of piperidine rings is 1. The van der Waals surface area contributed by atoms with Crippen LogP contribution in [-0.2, 0) is 22.7 Å². The van der Waals surface area contributed by atoms with Crippen molar-refractivity contribution in [3.63, 3.8) is 0 Å². The lowest BCUT2D eigenvalue weighted by Gasteiger charge is -2.29. The van der Waals surface area contributed by atoms with E-state index in [9.17, 15) is 19.2 Å². The minimum Gasteiger partial charge on any atom is -0.308 e. The molecule has 0 radical (unpaired) electrons. The number of anilines is 1. The summed E-state index contributed by atoms with van der Waals surface area (Å²) in [7, 11) is 0. The summed E-state index contributed by atoms with van der Waals surface area (Å²) in [6.45, 7) is 0.887. The summed E-state index contributed by atoms with van der Waals surface area (Å²) in [5, 5.41) is 7.73. The third-order valence-electron chi connectivity index (χ3n) is 5.21. The molecule has 2 aliphatic heterocycles. The van der Waals surface area contributed by atoms with Gasteiger partial charge in [0.2, 0.25) is 11.8 Å². The van der Waals surface area contributed by atoms with Gasteiger partial charge >= 0.3 is 6.03 Å². The minimum atomic E-state index is -0.667. The third kappa shape index (κ3) is 4.19. The topological polar surface area (TPSA) is 108 Å². The molecule has 8 nitrogen and oxygen atoms in total. The first-order valence-electron chi connectivity index (χ1n) is 9.47. The monoisotopic (exact) mass is 426 g/mol. The molecule has 0 spiro atoms. The molecule has 1 saturated heterocycles. The number of nitrogens with one attached hydrogen (secondary N) is 3. The number of carbonyl (C=O) groups excluding carboxylic acids is 4. The first kappa shape index (κ1) is 20.1. The highest BCUT2D eigenvalue weighted by Crippen LogP contribution is 2.29. The Morgan fingerprint density at radius 2 is 1.90 bits per heavy atom. The van der Waals surface area contributed by atoms with E-state index in [1.807, 2.05) is 11.0 Å². The van der Waals surface area contributed by atoms with E-state index in [1.165, 1.54) is 0 Å². The van der Waals surface area contributed by atoms with Crippen molar-refractivity contribution in [2.75, 3.05) is 5.32 Å². The molecule has 9 heteroatoms. The predicted molar refractivity (Wildman–Crippen MR) is 110 cm³/mol. The number of halogens is 1. The van der Waals surface area contributed by atoms with Crippen LogP contribution in [0.15, 0.2) is 42.5 Å². The Bertz CT molecular complexity index is 1060. The average molecular weight is 427 g/mol. The van der Waals surface area contributed by atoms with Crippen molar-refractivity contribution < 1.29 is 19.2 Å². The molecule has 0 aromatic heterocycles. The molecular weight excluding hydrogens is 408 g/mol. The summed E-state index contributed by atoms with van der Waals surface area (Å²) in [6.07, 6.45) is 0.739. The fourth-order valence-corrected chi connectivity index (χ4v) is 4.00. The molecule has 1 atom stereocenters. The Balaban J connectivity index is 1.45. The number of fused-ring (bicyclic) bond motifs is 1. The lowest BCUT2D eigenvalue weighted by atomic mass is 10.0. The van der Waals surface area contributed by atoms with Crippen molar-refractivity contribution >= 4 is 41.0 Å². The van der Waals surface area contributed by atoms with Gasteiger partial charge in [-0.05, 0) is 41.8 Å². The van der Waals surface area contributed by atoms with E-state index in [0.29, 0.717) is 42.2 Å². The minimum absolute atomic E-state index is 0.265. The van der Waals surface area contributed by atoms with E-state index in [-0.39, 0.29) is 11.8 Å². The van der Waals surface area contributed by atoms with Gasteiger partial charge in [0.1, 0.15) is 0 Å². The van der Waals surface area contributed by atoms with Gasteiger partial charge in [0.15, 0.2) is 0 Å². The Kier molecular flexibility index (Phi) is 5.52. The molecule has 4 rings (SSSR count). The van der Waals surface area contributed by atoms with Crippen LogP contribution < -0.4 is 16.0 Å². The maximum Gasteiger partial charge on any atom is 0.326 e. The molecule has 2 aromatic rings.